The number of benzene rings is 2. The smallest absolute Gasteiger partial charge is 0.123 e. The van der Waals surface area contributed by atoms with E-state index in [0.717, 1.165) is 31.6 Å². The van der Waals surface area contributed by atoms with Gasteiger partial charge in [0.25, 0.3) is 0 Å². The first-order chi connectivity index (χ1) is 10.3. The highest BCUT2D eigenvalue weighted by Gasteiger charge is 2.20. The van der Waals surface area contributed by atoms with E-state index < -0.39 is 0 Å². The van der Waals surface area contributed by atoms with Crippen LogP contribution in [0, 0.1) is 5.82 Å². The number of rotatable bonds is 3. The fourth-order valence-corrected chi connectivity index (χ4v) is 2.89. The van der Waals surface area contributed by atoms with Gasteiger partial charge in [-0.15, -0.1) is 0 Å². The number of halogens is 1. The normalized spacial score (nSPS) is 18.2. The Bertz CT molecular complexity index is 594. The van der Waals surface area contributed by atoms with Crippen LogP contribution in [-0.4, -0.2) is 12.6 Å². The van der Waals surface area contributed by atoms with E-state index in [9.17, 15) is 4.39 Å². The van der Waals surface area contributed by atoms with Gasteiger partial charge in [-0.05, 0) is 35.7 Å². The molecule has 0 spiro atoms. The molecule has 1 unspecified atom stereocenters. The van der Waals surface area contributed by atoms with E-state index in [0.29, 0.717) is 6.04 Å². The van der Waals surface area contributed by atoms with E-state index in [1.54, 1.807) is 0 Å². The van der Waals surface area contributed by atoms with Crippen LogP contribution in [0.4, 0.5) is 10.1 Å². The molecular weight excluding hydrogens is 263 g/mol. The Balaban J connectivity index is 1.88. The Morgan fingerprint density at radius 2 is 1.90 bits per heavy atom. The van der Waals surface area contributed by atoms with Gasteiger partial charge in [0, 0.05) is 31.4 Å². The summed E-state index contributed by atoms with van der Waals surface area (Å²) in [6, 6.07) is 15.8. The van der Waals surface area contributed by atoms with Crippen molar-refractivity contribution in [1.82, 2.24) is 5.32 Å². The van der Waals surface area contributed by atoms with Crippen LogP contribution >= 0.6 is 0 Å². The number of para-hydroxylation sites is 1. The fourth-order valence-electron chi connectivity index (χ4n) is 2.89. The maximum Gasteiger partial charge on any atom is 0.123 e. The first kappa shape index (κ1) is 14.1. The van der Waals surface area contributed by atoms with Crippen molar-refractivity contribution in [3.63, 3.8) is 0 Å². The molecule has 0 saturated carbocycles. The molecule has 1 heterocycles. The molecule has 1 aliphatic heterocycles. The van der Waals surface area contributed by atoms with E-state index in [-0.39, 0.29) is 5.82 Å². The second-order valence-electron chi connectivity index (χ2n) is 5.62. The summed E-state index contributed by atoms with van der Waals surface area (Å²) in [5.41, 5.74) is 3.75. The van der Waals surface area contributed by atoms with E-state index in [1.807, 2.05) is 12.1 Å². The summed E-state index contributed by atoms with van der Waals surface area (Å²) in [6.45, 7) is 4.92. The molecule has 0 saturated heterocycles. The summed E-state index contributed by atoms with van der Waals surface area (Å²) in [5.74, 6) is -0.178. The maximum absolute atomic E-state index is 13.1. The molecule has 21 heavy (non-hydrogen) atoms. The first-order valence-electron chi connectivity index (χ1n) is 7.57. The van der Waals surface area contributed by atoms with Crippen molar-refractivity contribution in [1.29, 1.82) is 0 Å². The molecule has 2 nitrogen and oxygen atoms in total. The van der Waals surface area contributed by atoms with Crippen molar-refractivity contribution in [2.75, 3.05) is 11.4 Å². The minimum atomic E-state index is -0.178. The molecule has 0 amide bonds. The second kappa shape index (κ2) is 6.27. The lowest BCUT2D eigenvalue weighted by Crippen LogP contribution is -2.37. The molecule has 3 heteroatoms. The zero-order chi connectivity index (χ0) is 14.7. The van der Waals surface area contributed by atoms with Crippen LogP contribution in [0.15, 0.2) is 48.5 Å². The highest BCUT2D eigenvalue weighted by atomic mass is 19.1. The summed E-state index contributed by atoms with van der Waals surface area (Å²) >= 11 is 0. The average Bonchev–Trinajstić information content (AvgIpc) is 2.69. The van der Waals surface area contributed by atoms with Crippen LogP contribution in [0.3, 0.4) is 0 Å². The molecule has 1 atom stereocenters. The molecule has 1 N–H and O–H groups in total. The van der Waals surface area contributed by atoms with Gasteiger partial charge in [0.05, 0.1) is 0 Å². The van der Waals surface area contributed by atoms with E-state index in [2.05, 4.69) is 41.4 Å². The number of fused-ring (bicyclic) bond motifs is 1. The Morgan fingerprint density at radius 3 is 2.67 bits per heavy atom. The molecule has 0 aromatic heterocycles. The maximum atomic E-state index is 13.1. The molecule has 2 aromatic carbocycles. The summed E-state index contributed by atoms with van der Waals surface area (Å²) in [4.78, 5) is 2.40. The number of hydrogen-bond donors (Lipinski definition) is 1. The van der Waals surface area contributed by atoms with Gasteiger partial charge in [-0.2, -0.15) is 0 Å². The van der Waals surface area contributed by atoms with Crippen LogP contribution in [0.5, 0.6) is 0 Å². The molecule has 0 radical (unpaired) electrons. The van der Waals surface area contributed by atoms with Gasteiger partial charge in [0.1, 0.15) is 5.82 Å². The SMILES string of the molecule is CCC1CN(Cc2ccc(F)cc2)c2ccccc2CN1. The highest BCUT2D eigenvalue weighted by molar-refractivity contribution is 5.55. The fraction of sp³-hybridized carbons (Fsp3) is 0.333. The Morgan fingerprint density at radius 1 is 1.14 bits per heavy atom. The zero-order valence-corrected chi connectivity index (χ0v) is 12.3. The molecule has 3 rings (SSSR count). The molecule has 110 valence electrons. The summed E-state index contributed by atoms with van der Waals surface area (Å²) in [7, 11) is 0. The van der Waals surface area contributed by atoms with Gasteiger partial charge in [-0.25, -0.2) is 4.39 Å². The van der Waals surface area contributed by atoms with Gasteiger partial charge in [0.2, 0.25) is 0 Å². The topological polar surface area (TPSA) is 15.3 Å². The second-order valence-corrected chi connectivity index (χ2v) is 5.62. The molecule has 2 aromatic rings. The quantitative estimate of drug-likeness (QED) is 0.924. The van der Waals surface area contributed by atoms with Crippen molar-refractivity contribution in [2.24, 2.45) is 0 Å². The Hall–Kier alpha value is -1.87. The number of nitrogens with one attached hydrogen (secondary N) is 1. The van der Waals surface area contributed by atoms with Gasteiger partial charge in [0.15, 0.2) is 0 Å². The standard InChI is InChI=1S/C18H21FN2/c1-2-17-13-21(12-14-7-9-16(19)10-8-14)18-6-4-3-5-15(18)11-20-17/h3-10,17,20H,2,11-13H2,1H3. The average molecular weight is 284 g/mol. The third kappa shape index (κ3) is 3.24. The van der Waals surface area contributed by atoms with Crippen LogP contribution in [0.1, 0.15) is 24.5 Å². The van der Waals surface area contributed by atoms with Crippen LogP contribution in [0.25, 0.3) is 0 Å². The predicted molar refractivity (Wildman–Crippen MR) is 84.8 cm³/mol. The van der Waals surface area contributed by atoms with Gasteiger partial charge in [-0.3, -0.25) is 0 Å². The summed E-state index contributed by atoms with van der Waals surface area (Å²) in [6.07, 6.45) is 1.11. The predicted octanol–water partition coefficient (Wildman–Crippen LogP) is 3.71. The molecule has 0 fully saturated rings. The molecule has 1 aliphatic rings. The zero-order valence-electron chi connectivity index (χ0n) is 12.3. The molecular formula is C18H21FN2. The van der Waals surface area contributed by atoms with Gasteiger partial charge < -0.3 is 10.2 Å². The van der Waals surface area contributed by atoms with E-state index in [4.69, 9.17) is 0 Å². The molecule has 0 aliphatic carbocycles. The summed E-state index contributed by atoms with van der Waals surface area (Å²) in [5, 5.41) is 3.61. The highest BCUT2D eigenvalue weighted by Crippen LogP contribution is 2.25. The third-order valence-corrected chi connectivity index (χ3v) is 4.13. The third-order valence-electron chi connectivity index (χ3n) is 4.13. The van der Waals surface area contributed by atoms with Crippen LogP contribution in [0.2, 0.25) is 0 Å². The van der Waals surface area contributed by atoms with E-state index in [1.165, 1.54) is 23.4 Å². The van der Waals surface area contributed by atoms with Crippen LogP contribution < -0.4 is 10.2 Å². The Kier molecular flexibility index (Phi) is 4.20. The molecule has 0 bridgehead atoms. The number of nitrogens with zero attached hydrogens (tertiary/aromatic N) is 1. The lowest BCUT2D eigenvalue weighted by atomic mass is 10.1. The minimum absolute atomic E-state index is 0.178. The van der Waals surface area contributed by atoms with Crippen molar-refractivity contribution in [3.05, 3.63) is 65.5 Å². The lowest BCUT2D eigenvalue weighted by molar-refractivity contribution is 0.502. The van der Waals surface area contributed by atoms with Gasteiger partial charge >= 0.3 is 0 Å². The number of anilines is 1. The number of hydrogen-bond acceptors (Lipinski definition) is 2. The Labute approximate surface area is 125 Å². The first-order valence-corrected chi connectivity index (χ1v) is 7.57. The van der Waals surface area contributed by atoms with Gasteiger partial charge in [-0.1, -0.05) is 37.3 Å². The lowest BCUT2D eigenvalue weighted by Gasteiger charge is -2.27. The van der Waals surface area contributed by atoms with Crippen molar-refractivity contribution in [2.45, 2.75) is 32.5 Å². The summed E-state index contributed by atoms with van der Waals surface area (Å²) < 4.78 is 13.1. The van der Waals surface area contributed by atoms with Crippen molar-refractivity contribution < 1.29 is 4.39 Å². The van der Waals surface area contributed by atoms with Crippen LogP contribution in [-0.2, 0) is 13.1 Å². The van der Waals surface area contributed by atoms with E-state index >= 15 is 0 Å². The van der Waals surface area contributed by atoms with Crippen molar-refractivity contribution >= 4 is 5.69 Å². The van der Waals surface area contributed by atoms with Crippen molar-refractivity contribution in [3.8, 4) is 0 Å². The minimum Gasteiger partial charge on any atom is -0.365 e. The monoisotopic (exact) mass is 284 g/mol. The largest absolute Gasteiger partial charge is 0.365 e.